The Kier molecular flexibility index (Phi) is 3.48. The Hall–Kier alpha value is -1.46. The van der Waals surface area contributed by atoms with Crippen LogP contribution in [0.25, 0.3) is 5.65 Å². The van der Waals surface area contributed by atoms with Crippen molar-refractivity contribution in [1.82, 2.24) is 19.5 Å². The van der Waals surface area contributed by atoms with Crippen LogP contribution in [0.5, 0.6) is 0 Å². The molecule has 0 spiro atoms. The van der Waals surface area contributed by atoms with Crippen LogP contribution in [0, 0.1) is 6.92 Å². The number of likely N-dealkylation sites (tertiary alicyclic amines) is 1. The van der Waals surface area contributed by atoms with Crippen LogP contribution in [0.3, 0.4) is 0 Å². The molecule has 0 aromatic carbocycles. The third kappa shape index (κ3) is 2.62. The lowest BCUT2D eigenvalue weighted by Gasteiger charge is -2.30. The summed E-state index contributed by atoms with van der Waals surface area (Å²) in [7, 11) is 0. The molecule has 19 heavy (non-hydrogen) atoms. The summed E-state index contributed by atoms with van der Waals surface area (Å²) in [6.45, 7) is 6.05. The Balaban J connectivity index is 1.74. The van der Waals surface area contributed by atoms with Gasteiger partial charge < -0.3 is 10.6 Å². The number of fused-ring (bicyclic) bond motifs is 1. The Morgan fingerprint density at radius 2 is 2.16 bits per heavy atom. The molecular weight excluding hydrogens is 238 g/mol. The average molecular weight is 259 g/mol. The lowest BCUT2D eigenvalue weighted by Crippen LogP contribution is -2.36. The zero-order valence-electron chi connectivity index (χ0n) is 11.4. The van der Waals surface area contributed by atoms with Crippen molar-refractivity contribution >= 4 is 5.65 Å². The van der Waals surface area contributed by atoms with E-state index >= 15 is 0 Å². The van der Waals surface area contributed by atoms with Crippen LogP contribution >= 0.6 is 0 Å². The highest BCUT2D eigenvalue weighted by Gasteiger charge is 2.23. The van der Waals surface area contributed by atoms with Crippen molar-refractivity contribution < 1.29 is 0 Å². The standard InChI is InChI=1S/C14H21N5/c1-11-2-8-19-13(10-11)16-14(17-19)12-3-6-18(7-4-12)9-5-15/h2,8,10,12H,3-7,9,15H2,1H3. The lowest BCUT2D eigenvalue weighted by atomic mass is 9.96. The molecule has 0 unspecified atom stereocenters. The van der Waals surface area contributed by atoms with E-state index in [1.165, 1.54) is 5.56 Å². The van der Waals surface area contributed by atoms with Crippen LogP contribution in [-0.2, 0) is 0 Å². The van der Waals surface area contributed by atoms with Gasteiger partial charge in [-0.15, -0.1) is 0 Å². The van der Waals surface area contributed by atoms with E-state index in [1.807, 2.05) is 10.7 Å². The van der Waals surface area contributed by atoms with Gasteiger partial charge in [-0.1, -0.05) is 0 Å². The van der Waals surface area contributed by atoms with Crippen LogP contribution in [0.15, 0.2) is 18.3 Å². The van der Waals surface area contributed by atoms with E-state index in [4.69, 9.17) is 5.73 Å². The summed E-state index contributed by atoms with van der Waals surface area (Å²) < 4.78 is 1.88. The molecule has 2 aromatic heterocycles. The molecule has 5 nitrogen and oxygen atoms in total. The van der Waals surface area contributed by atoms with Gasteiger partial charge in [0.25, 0.3) is 0 Å². The minimum absolute atomic E-state index is 0.495. The van der Waals surface area contributed by atoms with Gasteiger partial charge in [-0.25, -0.2) is 9.50 Å². The number of aromatic nitrogens is 3. The second-order valence-corrected chi connectivity index (χ2v) is 5.38. The predicted molar refractivity (Wildman–Crippen MR) is 75.2 cm³/mol. The molecule has 5 heteroatoms. The summed E-state index contributed by atoms with van der Waals surface area (Å²) in [5, 5.41) is 4.61. The number of pyridine rings is 1. The first-order chi connectivity index (χ1) is 9.26. The molecule has 3 heterocycles. The van der Waals surface area contributed by atoms with E-state index in [0.29, 0.717) is 5.92 Å². The molecule has 0 atom stereocenters. The van der Waals surface area contributed by atoms with Crippen molar-refractivity contribution in [2.24, 2.45) is 5.73 Å². The van der Waals surface area contributed by atoms with E-state index in [2.05, 4.69) is 34.0 Å². The largest absolute Gasteiger partial charge is 0.329 e. The highest BCUT2D eigenvalue weighted by Crippen LogP contribution is 2.25. The number of rotatable bonds is 3. The average Bonchev–Trinajstić information content (AvgIpc) is 2.83. The second-order valence-electron chi connectivity index (χ2n) is 5.38. The number of aryl methyl sites for hydroxylation is 1. The van der Waals surface area contributed by atoms with E-state index < -0.39 is 0 Å². The van der Waals surface area contributed by atoms with Crippen LogP contribution in [0.1, 0.15) is 30.1 Å². The molecular formula is C14H21N5. The molecule has 1 aliphatic heterocycles. The molecule has 0 amide bonds. The van der Waals surface area contributed by atoms with Gasteiger partial charge in [0.15, 0.2) is 11.5 Å². The first-order valence-electron chi connectivity index (χ1n) is 7.01. The fourth-order valence-electron chi connectivity index (χ4n) is 2.77. The quantitative estimate of drug-likeness (QED) is 0.899. The molecule has 3 rings (SSSR count). The fourth-order valence-corrected chi connectivity index (χ4v) is 2.77. The number of nitrogens with two attached hydrogens (primary N) is 1. The third-order valence-corrected chi connectivity index (χ3v) is 3.91. The van der Waals surface area contributed by atoms with Crippen LogP contribution in [0.4, 0.5) is 0 Å². The Morgan fingerprint density at radius 1 is 1.37 bits per heavy atom. The summed E-state index contributed by atoms with van der Waals surface area (Å²) in [5.41, 5.74) is 7.78. The van der Waals surface area contributed by atoms with E-state index in [0.717, 1.165) is 50.5 Å². The highest BCUT2D eigenvalue weighted by atomic mass is 15.3. The Labute approximate surface area is 113 Å². The first kappa shape index (κ1) is 12.6. The number of nitrogens with zero attached hydrogens (tertiary/aromatic N) is 4. The Morgan fingerprint density at radius 3 is 2.89 bits per heavy atom. The van der Waals surface area contributed by atoms with Crippen LogP contribution < -0.4 is 5.73 Å². The van der Waals surface area contributed by atoms with Crippen molar-refractivity contribution in [1.29, 1.82) is 0 Å². The molecule has 2 aromatic rings. The maximum atomic E-state index is 5.60. The number of hydrogen-bond donors (Lipinski definition) is 1. The highest BCUT2D eigenvalue weighted by molar-refractivity contribution is 5.40. The molecule has 2 N–H and O–H groups in total. The van der Waals surface area contributed by atoms with Crippen molar-refractivity contribution in [2.45, 2.75) is 25.7 Å². The normalized spacial score (nSPS) is 18.2. The summed E-state index contributed by atoms with van der Waals surface area (Å²) >= 11 is 0. The summed E-state index contributed by atoms with van der Waals surface area (Å²) in [5.74, 6) is 1.49. The maximum absolute atomic E-state index is 5.60. The molecule has 1 fully saturated rings. The van der Waals surface area contributed by atoms with Gasteiger partial charge in [0, 0.05) is 25.2 Å². The van der Waals surface area contributed by atoms with Gasteiger partial charge in [0.1, 0.15) is 0 Å². The maximum Gasteiger partial charge on any atom is 0.155 e. The van der Waals surface area contributed by atoms with Crippen molar-refractivity contribution in [2.75, 3.05) is 26.2 Å². The zero-order valence-corrected chi connectivity index (χ0v) is 11.4. The van der Waals surface area contributed by atoms with Crippen molar-refractivity contribution in [3.05, 3.63) is 29.7 Å². The van der Waals surface area contributed by atoms with Gasteiger partial charge in [-0.2, -0.15) is 5.10 Å². The van der Waals surface area contributed by atoms with Gasteiger partial charge in [-0.05, 0) is 50.6 Å². The van der Waals surface area contributed by atoms with Gasteiger partial charge in [0.05, 0.1) is 0 Å². The van der Waals surface area contributed by atoms with Crippen LogP contribution in [0.2, 0.25) is 0 Å². The smallest absolute Gasteiger partial charge is 0.155 e. The minimum Gasteiger partial charge on any atom is -0.329 e. The summed E-state index contributed by atoms with van der Waals surface area (Å²) in [4.78, 5) is 7.10. The van der Waals surface area contributed by atoms with Crippen molar-refractivity contribution in [3.63, 3.8) is 0 Å². The SMILES string of the molecule is Cc1ccn2nc(C3CCN(CCN)CC3)nc2c1. The molecule has 0 bridgehead atoms. The van der Waals surface area contributed by atoms with E-state index in [-0.39, 0.29) is 0 Å². The number of piperidine rings is 1. The topological polar surface area (TPSA) is 59.5 Å². The molecule has 102 valence electrons. The molecule has 0 aliphatic carbocycles. The van der Waals surface area contributed by atoms with Gasteiger partial charge in [-0.3, -0.25) is 0 Å². The molecule has 0 saturated carbocycles. The zero-order chi connectivity index (χ0) is 13.2. The number of hydrogen-bond acceptors (Lipinski definition) is 4. The van der Waals surface area contributed by atoms with E-state index in [1.54, 1.807) is 0 Å². The molecule has 0 radical (unpaired) electrons. The lowest BCUT2D eigenvalue weighted by molar-refractivity contribution is 0.214. The van der Waals surface area contributed by atoms with Crippen LogP contribution in [-0.4, -0.2) is 45.7 Å². The van der Waals surface area contributed by atoms with Gasteiger partial charge >= 0.3 is 0 Å². The fraction of sp³-hybridized carbons (Fsp3) is 0.571. The third-order valence-electron chi connectivity index (χ3n) is 3.91. The summed E-state index contributed by atoms with van der Waals surface area (Å²) in [6.07, 6.45) is 4.26. The Bertz CT molecular complexity index is 554. The molecule has 1 aliphatic rings. The predicted octanol–water partition coefficient (Wildman–Crippen LogP) is 1.18. The van der Waals surface area contributed by atoms with Gasteiger partial charge in [0.2, 0.25) is 0 Å². The molecule has 1 saturated heterocycles. The first-order valence-corrected chi connectivity index (χ1v) is 7.01. The van der Waals surface area contributed by atoms with Crippen molar-refractivity contribution in [3.8, 4) is 0 Å². The van der Waals surface area contributed by atoms with E-state index in [9.17, 15) is 0 Å². The minimum atomic E-state index is 0.495. The second kappa shape index (κ2) is 5.27. The summed E-state index contributed by atoms with van der Waals surface area (Å²) in [6, 6.07) is 4.15. The monoisotopic (exact) mass is 259 g/mol.